The molecule has 0 aliphatic carbocycles. The van der Waals surface area contributed by atoms with E-state index in [0.717, 1.165) is 16.3 Å². The molecule has 2 aromatic heterocycles. The topological polar surface area (TPSA) is 12.9 Å². The van der Waals surface area contributed by atoms with Gasteiger partial charge in [-0.25, -0.2) is 0 Å². The summed E-state index contributed by atoms with van der Waals surface area (Å²) in [4.78, 5) is 4.25. The molecule has 0 saturated carbocycles. The number of hydrogen-bond donors (Lipinski definition) is 0. The Hall–Kier alpha value is -0.860. The van der Waals surface area contributed by atoms with Gasteiger partial charge in [-0.3, -0.25) is 4.98 Å². The third kappa shape index (κ3) is 1.68. The largest absolute Gasteiger partial charge is 0.259 e. The molecular formula is C11H10ClNS. The van der Waals surface area contributed by atoms with Crippen molar-refractivity contribution in [3.63, 3.8) is 0 Å². The molecule has 2 heterocycles. The summed E-state index contributed by atoms with van der Waals surface area (Å²) in [6, 6.07) is 1.97. The lowest BCUT2D eigenvalue weighted by atomic mass is 10.1. The molecule has 72 valence electrons. The van der Waals surface area contributed by atoms with E-state index in [9.17, 15) is 0 Å². The van der Waals surface area contributed by atoms with Crippen LogP contribution in [0.3, 0.4) is 0 Å². The number of halogens is 1. The van der Waals surface area contributed by atoms with Gasteiger partial charge in [-0.1, -0.05) is 11.6 Å². The Balaban J connectivity index is 2.53. The molecule has 2 aromatic rings. The minimum atomic E-state index is 0.730. The molecule has 0 aliphatic rings. The van der Waals surface area contributed by atoms with Crippen LogP contribution in [0.4, 0.5) is 0 Å². The normalized spacial score (nSPS) is 10.5. The average Bonchev–Trinajstić information content (AvgIpc) is 2.57. The number of pyridine rings is 1. The van der Waals surface area contributed by atoms with Crippen molar-refractivity contribution in [2.75, 3.05) is 0 Å². The molecule has 0 fully saturated rings. The minimum absolute atomic E-state index is 0.730. The van der Waals surface area contributed by atoms with Crippen molar-refractivity contribution in [1.29, 1.82) is 0 Å². The van der Waals surface area contributed by atoms with Crippen LogP contribution >= 0.6 is 22.9 Å². The minimum Gasteiger partial charge on any atom is -0.259 e. The van der Waals surface area contributed by atoms with Crippen LogP contribution in [0.5, 0.6) is 0 Å². The van der Waals surface area contributed by atoms with Crippen LogP contribution in [0.2, 0.25) is 5.02 Å². The second-order valence-corrected chi connectivity index (χ2v) is 4.41. The number of aryl methyl sites for hydroxylation is 2. The number of aromatic nitrogens is 1. The molecule has 2 rings (SSSR count). The van der Waals surface area contributed by atoms with E-state index in [1.807, 2.05) is 19.2 Å². The summed E-state index contributed by atoms with van der Waals surface area (Å²) < 4.78 is 0. The summed E-state index contributed by atoms with van der Waals surface area (Å²) in [7, 11) is 0. The standard InChI is InChI=1S/C11H10ClNS/c1-7-5-14-6-10(7)9-3-11(12)8(2)13-4-9/h3-6H,1-2H3. The zero-order chi connectivity index (χ0) is 10.1. The summed E-state index contributed by atoms with van der Waals surface area (Å²) in [5.74, 6) is 0. The van der Waals surface area contributed by atoms with E-state index in [1.54, 1.807) is 11.3 Å². The monoisotopic (exact) mass is 223 g/mol. The zero-order valence-corrected chi connectivity index (χ0v) is 9.62. The fourth-order valence-electron chi connectivity index (χ4n) is 1.31. The molecule has 0 amide bonds. The maximum absolute atomic E-state index is 6.02. The Kier molecular flexibility index (Phi) is 2.57. The van der Waals surface area contributed by atoms with Gasteiger partial charge >= 0.3 is 0 Å². The van der Waals surface area contributed by atoms with E-state index in [4.69, 9.17) is 11.6 Å². The van der Waals surface area contributed by atoms with Gasteiger partial charge in [-0.05, 0) is 41.8 Å². The van der Waals surface area contributed by atoms with Crippen molar-refractivity contribution >= 4 is 22.9 Å². The second kappa shape index (κ2) is 3.71. The highest BCUT2D eigenvalue weighted by Crippen LogP contribution is 2.28. The van der Waals surface area contributed by atoms with Gasteiger partial charge in [0.05, 0.1) is 10.7 Å². The third-order valence-corrected chi connectivity index (χ3v) is 3.44. The van der Waals surface area contributed by atoms with Gasteiger partial charge in [-0.2, -0.15) is 11.3 Å². The highest BCUT2D eigenvalue weighted by Gasteiger charge is 2.05. The smallest absolute Gasteiger partial charge is 0.0624 e. The van der Waals surface area contributed by atoms with Crippen molar-refractivity contribution in [3.05, 3.63) is 39.3 Å². The summed E-state index contributed by atoms with van der Waals surface area (Å²) in [5, 5.41) is 4.98. The predicted octanol–water partition coefficient (Wildman–Crippen LogP) is 4.08. The summed E-state index contributed by atoms with van der Waals surface area (Å²) in [5.41, 5.74) is 4.48. The molecule has 0 saturated heterocycles. The first-order chi connectivity index (χ1) is 6.68. The molecule has 3 heteroatoms. The fraction of sp³-hybridized carbons (Fsp3) is 0.182. The third-order valence-electron chi connectivity index (χ3n) is 2.19. The number of thiophene rings is 1. The van der Waals surface area contributed by atoms with Crippen molar-refractivity contribution in [2.45, 2.75) is 13.8 Å². The van der Waals surface area contributed by atoms with Crippen LogP contribution in [-0.4, -0.2) is 4.98 Å². The molecule has 0 bridgehead atoms. The first kappa shape index (κ1) is 9.69. The lowest BCUT2D eigenvalue weighted by Crippen LogP contribution is -1.85. The number of nitrogens with zero attached hydrogens (tertiary/aromatic N) is 1. The lowest BCUT2D eigenvalue weighted by molar-refractivity contribution is 1.20. The molecular weight excluding hydrogens is 214 g/mol. The molecule has 0 aliphatic heterocycles. The van der Waals surface area contributed by atoms with Gasteiger partial charge in [0.15, 0.2) is 0 Å². The zero-order valence-electron chi connectivity index (χ0n) is 8.04. The van der Waals surface area contributed by atoms with Crippen LogP contribution < -0.4 is 0 Å². The Labute approximate surface area is 92.4 Å². The molecule has 0 atom stereocenters. The van der Waals surface area contributed by atoms with Gasteiger partial charge in [0.25, 0.3) is 0 Å². The van der Waals surface area contributed by atoms with Crippen molar-refractivity contribution < 1.29 is 0 Å². The summed E-state index contributed by atoms with van der Waals surface area (Å²) in [6.45, 7) is 4.01. The lowest BCUT2D eigenvalue weighted by Gasteiger charge is -2.02. The second-order valence-electron chi connectivity index (χ2n) is 3.26. The van der Waals surface area contributed by atoms with E-state index in [1.165, 1.54) is 11.1 Å². The average molecular weight is 224 g/mol. The number of rotatable bonds is 1. The van der Waals surface area contributed by atoms with Gasteiger partial charge < -0.3 is 0 Å². The van der Waals surface area contributed by atoms with Crippen LogP contribution in [0.25, 0.3) is 11.1 Å². The quantitative estimate of drug-likeness (QED) is 0.710. The van der Waals surface area contributed by atoms with Gasteiger partial charge in [0.2, 0.25) is 0 Å². The van der Waals surface area contributed by atoms with Crippen molar-refractivity contribution in [1.82, 2.24) is 4.98 Å². The van der Waals surface area contributed by atoms with E-state index < -0.39 is 0 Å². The van der Waals surface area contributed by atoms with Gasteiger partial charge in [-0.15, -0.1) is 0 Å². The van der Waals surface area contributed by atoms with E-state index in [0.29, 0.717) is 0 Å². The Morgan fingerprint density at radius 2 is 2.07 bits per heavy atom. The summed E-state index contributed by atoms with van der Waals surface area (Å²) >= 11 is 7.72. The van der Waals surface area contributed by atoms with Crippen LogP contribution in [0, 0.1) is 13.8 Å². The molecule has 1 nitrogen and oxygen atoms in total. The van der Waals surface area contributed by atoms with Crippen molar-refractivity contribution in [2.24, 2.45) is 0 Å². The first-order valence-corrected chi connectivity index (χ1v) is 5.66. The number of hydrogen-bond acceptors (Lipinski definition) is 2. The van der Waals surface area contributed by atoms with Crippen LogP contribution in [0.15, 0.2) is 23.0 Å². The molecule has 14 heavy (non-hydrogen) atoms. The van der Waals surface area contributed by atoms with Crippen LogP contribution in [0.1, 0.15) is 11.3 Å². The Bertz CT molecular complexity index is 462. The highest BCUT2D eigenvalue weighted by molar-refractivity contribution is 7.08. The van der Waals surface area contributed by atoms with E-state index in [2.05, 4.69) is 22.7 Å². The predicted molar refractivity (Wildman–Crippen MR) is 62.0 cm³/mol. The maximum atomic E-state index is 6.02. The van der Waals surface area contributed by atoms with Crippen LogP contribution in [-0.2, 0) is 0 Å². The molecule has 0 N–H and O–H groups in total. The first-order valence-electron chi connectivity index (χ1n) is 4.34. The van der Waals surface area contributed by atoms with Gasteiger partial charge in [0, 0.05) is 11.8 Å². The SMILES string of the molecule is Cc1cscc1-c1cnc(C)c(Cl)c1. The molecule has 0 radical (unpaired) electrons. The van der Waals surface area contributed by atoms with E-state index >= 15 is 0 Å². The van der Waals surface area contributed by atoms with E-state index in [-0.39, 0.29) is 0 Å². The van der Waals surface area contributed by atoms with Gasteiger partial charge in [0.1, 0.15) is 0 Å². The fourth-order valence-corrected chi connectivity index (χ4v) is 2.33. The molecule has 0 aromatic carbocycles. The molecule has 0 spiro atoms. The Morgan fingerprint density at radius 3 is 2.64 bits per heavy atom. The highest BCUT2D eigenvalue weighted by atomic mass is 35.5. The Morgan fingerprint density at radius 1 is 1.29 bits per heavy atom. The maximum Gasteiger partial charge on any atom is 0.0624 e. The molecule has 0 unspecified atom stereocenters. The summed E-state index contributed by atoms with van der Waals surface area (Å²) in [6.07, 6.45) is 1.87. The van der Waals surface area contributed by atoms with Crippen molar-refractivity contribution in [3.8, 4) is 11.1 Å².